The zero-order valence-electron chi connectivity index (χ0n) is 15.0. The lowest BCUT2D eigenvalue weighted by atomic mass is 10.1. The van der Waals surface area contributed by atoms with Gasteiger partial charge in [-0.2, -0.15) is 4.98 Å². The van der Waals surface area contributed by atoms with Crippen molar-refractivity contribution in [1.82, 2.24) is 30.0 Å². The fraction of sp³-hybridized carbons (Fsp3) is 0.500. The van der Waals surface area contributed by atoms with Gasteiger partial charge in [0.25, 0.3) is 11.8 Å². The number of carbonyl (C=O) groups is 1. The normalized spacial score (nSPS) is 20.2. The Bertz CT molecular complexity index is 972. The molecule has 1 amide bonds. The minimum atomic E-state index is 0.107. The van der Waals surface area contributed by atoms with E-state index >= 15 is 0 Å². The van der Waals surface area contributed by atoms with Gasteiger partial charge in [0, 0.05) is 19.0 Å². The number of piperidine rings is 1. The fourth-order valence-electron chi connectivity index (χ4n) is 3.49. The maximum absolute atomic E-state index is 12.8. The van der Waals surface area contributed by atoms with Gasteiger partial charge in [-0.3, -0.25) is 4.79 Å². The summed E-state index contributed by atoms with van der Waals surface area (Å²) in [5.41, 5.74) is 1.63. The molecule has 0 N–H and O–H groups in total. The standard InChI is InChI=1S/C18H20N6O2S/c1-11-6-8-27-15(11)18(25)23-7-2-3-13(9-23)24-10-14(20-22-24)17-19-16(21-26-17)12-4-5-12/h6,8,10,12-13H,2-5,7,9H2,1H3. The molecule has 2 fully saturated rings. The van der Waals surface area contributed by atoms with Crippen molar-refractivity contribution in [2.75, 3.05) is 13.1 Å². The van der Waals surface area contributed by atoms with E-state index in [-0.39, 0.29) is 11.9 Å². The molecule has 8 nitrogen and oxygen atoms in total. The Kier molecular flexibility index (Phi) is 4.04. The summed E-state index contributed by atoms with van der Waals surface area (Å²) in [4.78, 5) is 20.0. The van der Waals surface area contributed by atoms with Crippen LogP contribution in [0, 0.1) is 6.92 Å². The lowest BCUT2D eigenvalue weighted by Crippen LogP contribution is -2.40. The highest BCUT2D eigenvalue weighted by Crippen LogP contribution is 2.38. The molecule has 1 atom stereocenters. The van der Waals surface area contributed by atoms with Gasteiger partial charge in [0.15, 0.2) is 11.5 Å². The van der Waals surface area contributed by atoms with Crippen LogP contribution in [-0.4, -0.2) is 49.0 Å². The third-order valence-corrected chi connectivity index (χ3v) is 6.23. The smallest absolute Gasteiger partial charge is 0.280 e. The van der Waals surface area contributed by atoms with E-state index in [1.165, 1.54) is 11.3 Å². The molecule has 1 saturated heterocycles. The van der Waals surface area contributed by atoms with Gasteiger partial charge in [-0.1, -0.05) is 10.4 Å². The maximum atomic E-state index is 12.8. The quantitative estimate of drug-likeness (QED) is 0.687. The summed E-state index contributed by atoms with van der Waals surface area (Å²) in [6.45, 7) is 3.40. The third-order valence-electron chi connectivity index (χ3n) is 5.23. The third kappa shape index (κ3) is 3.16. The first-order valence-corrected chi connectivity index (χ1v) is 10.2. The van der Waals surface area contributed by atoms with E-state index in [9.17, 15) is 4.79 Å². The van der Waals surface area contributed by atoms with Gasteiger partial charge in [0.1, 0.15) is 0 Å². The Hall–Kier alpha value is -2.55. The minimum Gasteiger partial charge on any atom is -0.336 e. The van der Waals surface area contributed by atoms with Crippen LogP contribution < -0.4 is 0 Å². The van der Waals surface area contributed by atoms with E-state index in [2.05, 4.69) is 20.5 Å². The molecule has 27 heavy (non-hydrogen) atoms. The van der Waals surface area contributed by atoms with Crippen molar-refractivity contribution >= 4 is 17.2 Å². The van der Waals surface area contributed by atoms with Crippen LogP contribution in [0.1, 0.15) is 58.7 Å². The van der Waals surface area contributed by atoms with E-state index in [1.807, 2.05) is 34.1 Å². The predicted molar refractivity (Wildman–Crippen MR) is 98.5 cm³/mol. The van der Waals surface area contributed by atoms with Crippen molar-refractivity contribution in [2.45, 2.75) is 44.6 Å². The Labute approximate surface area is 160 Å². The highest BCUT2D eigenvalue weighted by molar-refractivity contribution is 7.12. The Balaban J connectivity index is 1.31. The van der Waals surface area contributed by atoms with Crippen molar-refractivity contribution in [3.63, 3.8) is 0 Å². The minimum absolute atomic E-state index is 0.107. The van der Waals surface area contributed by atoms with Crippen LogP contribution in [0.4, 0.5) is 0 Å². The van der Waals surface area contributed by atoms with Gasteiger partial charge >= 0.3 is 0 Å². The van der Waals surface area contributed by atoms with E-state index < -0.39 is 0 Å². The summed E-state index contributed by atoms with van der Waals surface area (Å²) in [5.74, 6) is 1.73. The van der Waals surface area contributed by atoms with Gasteiger partial charge in [-0.05, 0) is 49.6 Å². The van der Waals surface area contributed by atoms with Crippen molar-refractivity contribution in [1.29, 1.82) is 0 Å². The highest BCUT2D eigenvalue weighted by atomic mass is 32.1. The van der Waals surface area contributed by atoms with Crippen LogP contribution in [-0.2, 0) is 0 Å². The molecule has 4 heterocycles. The molecule has 3 aromatic heterocycles. The van der Waals surface area contributed by atoms with Crippen LogP contribution in [0.15, 0.2) is 22.2 Å². The number of nitrogens with zero attached hydrogens (tertiary/aromatic N) is 6. The second-order valence-corrected chi connectivity index (χ2v) is 8.21. The summed E-state index contributed by atoms with van der Waals surface area (Å²) in [6, 6.07) is 2.10. The van der Waals surface area contributed by atoms with Gasteiger partial charge in [-0.15, -0.1) is 16.4 Å². The number of carbonyl (C=O) groups excluding carboxylic acids is 1. The number of aryl methyl sites for hydroxylation is 1. The molecule has 0 radical (unpaired) electrons. The summed E-state index contributed by atoms with van der Waals surface area (Å²) in [6.07, 6.45) is 6.01. The maximum Gasteiger partial charge on any atom is 0.280 e. The average Bonchev–Trinajstić information content (AvgIpc) is 3.10. The summed E-state index contributed by atoms with van der Waals surface area (Å²) in [5, 5.41) is 14.5. The van der Waals surface area contributed by atoms with E-state index in [1.54, 1.807) is 0 Å². The molecule has 1 aliphatic heterocycles. The molecule has 0 aromatic carbocycles. The number of hydrogen-bond acceptors (Lipinski definition) is 7. The number of thiophene rings is 1. The molecule has 0 spiro atoms. The summed E-state index contributed by atoms with van der Waals surface area (Å²) < 4.78 is 7.16. The van der Waals surface area contributed by atoms with Gasteiger partial charge in [-0.25, -0.2) is 4.68 Å². The number of amides is 1. The van der Waals surface area contributed by atoms with Crippen LogP contribution in [0.3, 0.4) is 0 Å². The van der Waals surface area contributed by atoms with Gasteiger partial charge in [0.05, 0.1) is 17.1 Å². The topological polar surface area (TPSA) is 89.9 Å². The first-order chi connectivity index (χ1) is 13.2. The van der Waals surface area contributed by atoms with Crippen molar-refractivity contribution in [3.05, 3.63) is 33.9 Å². The lowest BCUT2D eigenvalue weighted by molar-refractivity contribution is 0.0676. The molecule has 1 unspecified atom stereocenters. The monoisotopic (exact) mass is 384 g/mol. The highest BCUT2D eigenvalue weighted by Gasteiger charge is 2.30. The van der Waals surface area contributed by atoms with Crippen molar-refractivity contribution in [2.24, 2.45) is 0 Å². The Morgan fingerprint density at radius 1 is 1.33 bits per heavy atom. The Morgan fingerprint density at radius 2 is 2.22 bits per heavy atom. The van der Waals surface area contributed by atoms with E-state index in [0.717, 1.165) is 48.5 Å². The molecule has 3 aromatic rings. The largest absolute Gasteiger partial charge is 0.336 e. The zero-order chi connectivity index (χ0) is 18.4. The molecular formula is C18H20N6O2S. The summed E-state index contributed by atoms with van der Waals surface area (Å²) in [7, 11) is 0. The lowest BCUT2D eigenvalue weighted by Gasteiger charge is -2.32. The molecule has 140 valence electrons. The van der Waals surface area contributed by atoms with E-state index in [4.69, 9.17) is 4.52 Å². The molecular weight excluding hydrogens is 364 g/mol. The zero-order valence-corrected chi connectivity index (χ0v) is 15.9. The van der Waals surface area contributed by atoms with Gasteiger partial charge in [0.2, 0.25) is 0 Å². The van der Waals surface area contributed by atoms with Crippen molar-refractivity contribution in [3.8, 4) is 11.6 Å². The molecule has 0 bridgehead atoms. The Morgan fingerprint density at radius 3 is 3.00 bits per heavy atom. The SMILES string of the molecule is Cc1ccsc1C(=O)N1CCCC(n2cc(-c3nc(C4CC4)no3)nn2)C1. The van der Waals surface area contributed by atoms with Crippen LogP contribution >= 0.6 is 11.3 Å². The van der Waals surface area contributed by atoms with E-state index in [0.29, 0.717) is 24.0 Å². The first kappa shape index (κ1) is 16.6. The van der Waals surface area contributed by atoms with Crippen LogP contribution in [0.25, 0.3) is 11.6 Å². The number of hydrogen-bond donors (Lipinski definition) is 0. The molecule has 5 rings (SSSR count). The molecule has 9 heteroatoms. The first-order valence-electron chi connectivity index (χ1n) is 9.28. The molecule has 2 aliphatic rings. The second-order valence-electron chi connectivity index (χ2n) is 7.30. The number of likely N-dealkylation sites (tertiary alicyclic amines) is 1. The van der Waals surface area contributed by atoms with Crippen LogP contribution in [0.2, 0.25) is 0 Å². The van der Waals surface area contributed by atoms with Gasteiger partial charge < -0.3 is 9.42 Å². The average molecular weight is 384 g/mol. The summed E-state index contributed by atoms with van der Waals surface area (Å²) >= 11 is 1.51. The second kappa shape index (κ2) is 6.56. The molecule has 1 aliphatic carbocycles. The van der Waals surface area contributed by atoms with Crippen LogP contribution in [0.5, 0.6) is 0 Å². The van der Waals surface area contributed by atoms with Crippen molar-refractivity contribution < 1.29 is 9.32 Å². The fourth-order valence-corrected chi connectivity index (χ4v) is 4.38. The number of rotatable bonds is 4. The predicted octanol–water partition coefficient (Wildman–Crippen LogP) is 3.05. The number of aromatic nitrogens is 5. The molecule has 1 saturated carbocycles.